The van der Waals surface area contributed by atoms with Crippen molar-refractivity contribution in [2.24, 2.45) is 17.3 Å². The molecule has 2 unspecified atom stereocenters. The number of halogens is 1. The molecule has 13 heavy (non-hydrogen) atoms. The van der Waals surface area contributed by atoms with E-state index in [1.54, 1.807) is 0 Å². The van der Waals surface area contributed by atoms with Crippen LogP contribution >= 0.6 is 0 Å². The normalized spacial score (nSPS) is 45.2. The molecular formula is C11H20FN. The van der Waals surface area contributed by atoms with Crippen molar-refractivity contribution in [2.45, 2.75) is 39.3 Å². The molecule has 1 saturated heterocycles. The summed E-state index contributed by atoms with van der Waals surface area (Å²) >= 11 is 0. The Balaban J connectivity index is 2.13. The van der Waals surface area contributed by atoms with Gasteiger partial charge in [0.1, 0.15) is 5.67 Å². The molecule has 1 heterocycles. The first-order valence-corrected chi connectivity index (χ1v) is 5.32. The zero-order valence-electron chi connectivity index (χ0n) is 8.86. The molecule has 1 aliphatic heterocycles. The Hall–Kier alpha value is -0.110. The fraction of sp³-hybridized carbons (Fsp3) is 1.00. The lowest BCUT2D eigenvalue weighted by Gasteiger charge is -2.35. The first-order chi connectivity index (χ1) is 5.92. The minimum atomic E-state index is -0.912. The number of fused-ring (bicyclic) bond motifs is 1. The molecule has 1 aliphatic carbocycles. The van der Waals surface area contributed by atoms with Crippen LogP contribution in [0.2, 0.25) is 0 Å². The van der Waals surface area contributed by atoms with Crippen LogP contribution in [0, 0.1) is 17.3 Å². The van der Waals surface area contributed by atoms with Gasteiger partial charge in [0.05, 0.1) is 0 Å². The molecule has 1 nitrogen and oxygen atoms in total. The summed E-state index contributed by atoms with van der Waals surface area (Å²) in [4.78, 5) is 0. The third kappa shape index (κ3) is 1.39. The van der Waals surface area contributed by atoms with Crippen molar-refractivity contribution in [2.75, 3.05) is 13.1 Å². The van der Waals surface area contributed by atoms with Gasteiger partial charge in [-0.2, -0.15) is 0 Å². The van der Waals surface area contributed by atoms with E-state index in [-0.39, 0.29) is 5.41 Å². The van der Waals surface area contributed by atoms with Gasteiger partial charge in [-0.1, -0.05) is 20.8 Å². The second kappa shape index (κ2) is 2.69. The molecule has 2 fully saturated rings. The van der Waals surface area contributed by atoms with Crippen LogP contribution in [0.15, 0.2) is 0 Å². The summed E-state index contributed by atoms with van der Waals surface area (Å²) in [5, 5.41) is 3.35. The highest BCUT2D eigenvalue weighted by molar-refractivity contribution is 5.04. The van der Waals surface area contributed by atoms with Crippen LogP contribution in [0.3, 0.4) is 0 Å². The van der Waals surface area contributed by atoms with E-state index in [4.69, 9.17) is 0 Å². The van der Waals surface area contributed by atoms with Gasteiger partial charge in [0.2, 0.25) is 0 Å². The third-order valence-electron chi connectivity index (χ3n) is 4.00. The summed E-state index contributed by atoms with van der Waals surface area (Å²) in [5.74, 6) is 1.20. The molecule has 0 radical (unpaired) electrons. The molecule has 0 spiro atoms. The van der Waals surface area contributed by atoms with Gasteiger partial charge in [0.15, 0.2) is 0 Å². The minimum absolute atomic E-state index is 0.183. The molecule has 0 bridgehead atoms. The number of hydrogen-bond acceptors (Lipinski definition) is 1. The quantitative estimate of drug-likeness (QED) is 0.611. The molecule has 0 aromatic rings. The lowest BCUT2D eigenvalue weighted by Crippen LogP contribution is -2.37. The van der Waals surface area contributed by atoms with E-state index in [0.717, 1.165) is 25.9 Å². The molecule has 2 heteroatoms. The fourth-order valence-corrected chi connectivity index (χ4v) is 2.79. The van der Waals surface area contributed by atoms with E-state index >= 15 is 0 Å². The average molecular weight is 185 g/mol. The number of nitrogens with one attached hydrogen (secondary N) is 1. The van der Waals surface area contributed by atoms with E-state index in [1.807, 2.05) is 20.8 Å². The lowest BCUT2D eigenvalue weighted by atomic mass is 9.76. The van der Waals surface area contributed by atoms with Gasteiger partial charge < -0.3 is 5.32 Å². The SMILES string of the molecule is CC(C)(C)C1(F)CC2CNCC2C1. The molecule has 1 saturated carbocycles. The summed E-state index contributed by atoms with van der Waals surface area (Å²) in [7, 11) is 0. The minimum Gasteiger partial charge on any atom is -0.316 e. The molecule has 0 aromatic heterocycles. The van der Waals surface area contributed by atoms with Gasteiger partial charge in [-0.25, -0.2) is 4.39 Å². The van der Waals surface area contributed by atoms with Crippen LogP contribution in [0.25, 0.3) is 0 Å². The van der Waals surface area contributed by atoms with Crippen LogP contribution in [-0.2, 0) is 0 Å². The maximum atomic E-state index is 14.5. The number of hydrogen-bond donors (Lipinski definition) is 1. The molecule has 1 N–H and O–H groups in total. The Bertz CT molecular complexity index is 195. The summed E-state index contributed by atoms with van der Waals surface area (Å²) in [5.41, 5.74) is -1.10. The monoisotopic (exact) mass is 185 g/mol. The van der Waals surface area contributed by atoms with Crippen LogP contribution in [-0.4, -0.2) is 18.8 Å². The summed E-state index contributed by atoms with van der Waals surface area (Å²) in [6, 6.07) is 0. The third-order valence-corrected chi connectivity index (χ3v) is 4.00. The Kier molecular flexibility index (Phi) is 1.96. The van der Waals surface area contributed by atoms with Gasteiger partial charge in [-0.3, -0.25) is 0 Å². The standard InChI is InChI=1S/C11H20FN/c1-10(2,3)11(12)4-8-6-13-7-9(8)5-11/h8-9,13H,4-7H2,1-3H3. The van der Waals surface area contributed by atoms with Crippen molar-refractivity contribution in [3.8, 4) is 0 Å². The summed E-state index contributed by atoms with van der Waals surface area (Å²) in [6.45, 7) is 8.16. The lowest BCUT2D eigenvalue weighted by molar-refractivity contribution is 0.0284. The van der Waals surface area contributed by atoms with Crippen LogP contribution in [0.1, 0.15) is 33.6 Å². The predicted molar refractivity (Wildman–Crippen MR) is 52.4 cm³/mol. The predicted octanol–water partition coefficient (Wildman–Crippen LogP) is 2.37. The highest BCUT2D eigenvalue weighted by Crippen LogP contribution is 2.52. The topological polar surface area (TPSA) is 12.0 Å². The van der Waals surface area contributed by atoms with Crippen molar-refractivity contribution in [3.63, 3.8) is 0 Å². The Morgan fingerprint density at radius 3 is 2.00 bits per heavy atom. The Morgan fingerprint density at radius 2 is 1.62 bits per heavy atom. The van der Waals surface area contributed by atoms with Gasteiger partial charge in [0.25, 0.3) is 0 Å². The first kappa shape index (κ1) is 9.45. The van der Waals surface area contributed by atoms with Crippen LogP contribution in [0.5, 0.6) is 0 Å². The van der Waals surface area contributed by atoms with Crippen LogP contribution in [0.4, 0.5) is 4.39 Å². The molecule has 2 rings (SSSR count). The molecule has 76 valence electrons. The molecule has 0 amide bonds. The van der Waals surface area contributed by atoms with Gasteiger partial charge in [-0.05, 0) is 43.2 Å². The van der Waals surface area contributed by atoms with Crippen molar-refractivity contribution in [3.05, 3.63) is 0 Å². The molecular weight excluding hydrogens is 165 g/mol. The summed E-state index contributed by atoms with van der Waals surface area (Å²) in [6.07, 6.45) is 1.54. The molecule has 2 aliphatic rings. The zero-order chi connectivity index (χ0) is 9.69. The van der Waals surface area contributed by atoms with Gasteiger partial charge in [-0.15, -0.1) is 0 Å². The van der Waals surface area contributed by atoms with Gasteiger partial charge in [0, 0.05) is 0 Å². The van der Waals surface area contributed by atoms with Crippen molar-refractivity contribution >= 4 is 0 Å². The van der Waals surface area contributed by atoms with Crippen molar-refractivity contribution in [1.29, 1.82) is 0 Å². The smallest absolute Gasteiger partial charge is 0.116 e. The largest absolute Gasteiger partial charge is 0.316 e. The maximum absolute atomic E-state index is 14.5. The Labute approximate surface area is 80.1 Å². The zero-order valence-corrected chi connectivity index (χ0v) is 8.86. The van der Waals surface area contributed by atoms with Crippen LogP contribution < -0.4 is 5.32 Å². The molecule has 0 aromatic carbocycles. The number of rotatable bonds is 0. The second-order valence-electron chi connectivity index (χ2n) is 5.80. The van der Waals surface area contributed by atoms with Gasteiger partial charge >= 0.3 is 0 Å². The van der Waals surface area contributed by atoms with E-state index in [1.165, 1.54) is 0 Å². The first-order valence-electron chi connectivity index (χ1n) is 5.32. The Morgan fingerprint density at radius 1 is 1.15 bits per heavy atom. The van der Waals surface area contributed by atoms with E-state index in [9.17, 15) is 4.39 Å². The van der Waals surface area contributed by atoms with Crippen molar-refractivity contribution < 1.29 is 4.39 Å². The second-order valence-corrected chi connectivity index (χ2v) is 5.80. The van der Waals surface area contributed by atoms with Crippen molar-refractivity contribution in [1.82, 2.24) is 5.32 Å². The average Bonchev–Trinajstić information content (AvgIpc) is 2.42. The number of alkyl halides is 1. The fourth-order valence-electron chi connectivity index (χ4n) is 2.79. The molecule has 2 atom stereocenters. The van der Waals surface area contributed by atoms with E-state index in [0.29, 0.717) is 11.8 Å². The highest BCUT2D eigenvalue weighted by Gasteiger charge is 2.53. The summed E-state index contributed by atoms with van der Waals surface area (Å²) < 4.78 is 14.5. The van der Waals surface area contributed by atoms with E-state index < -0.39 is 5.67 Å². The highest BCUT2D eigenvalue weighted by atomic mass is 19.1. The van der Waals surface area contributed by atoms with E-state index in [2.05, 4.69) is 5.32 Å². The maximum Gasteiger partial charge on any atom is 0.116 e.